The predicted octanol–water partition coefficient (Wildman–Crippen LogP) is 4.56. The number of hydrogen-bond donors (Lipinski definition) is 3. The minimum atomic E-state index is -0.477. The Morgan fingerprint density at radius 1 is 1.10 bits per heavy atom. The van der Waals surface area contributed by atoms with E-state index in [1.54, 1.807) is 30.1 Å². The van der Waals surface area contributed by atoms with E-state index in [0.29, 0.717) is 34.8 Å². The van der Waals surface area contributed by atoms with Gasteiger partial charge in [0.25, 0.3) is 5.91 Å². The highest BCUT2D eigenvalue weighted by Crippen LogP contribution is 2.30. The molecule has 0 fully saturated rings. The molecule has 1 amide bonds. The molecule has 0 atom stereocenters. The quantitative estimate of drug-likeness (QED) is 0.454. The van der Waals surface area contributed by atoms with Crippen molar-refractivity contribution in [3.8, 4) is 0 Å². The molecule has 0 saturated carbocycles. The van der Waals surface area contributed by atoms with E-state index in [2.05, 4.69) is 25.6 Å². The van der Waals surface area contributed by atoms with E-state index in [4.69, 9.17) is 39.9 Å². The first-order valence-corrected chi connectivity index (χ1v) is 10.3. The number of aliphatic hydroxyl groups excluding tert-OH is 1. The van der Waals surface area contributed by atoms with Crippen LogP contribution in [0.25, 0.3) is 0 Å². The standard InChI is InChI=1S/C20H19Cl3N6O2/c1-11-7-17(28-20(25-11)29(2)5-6-30)27-16-10-13(3-4-24-16)26-19(31)18-14(22)8-12(21)9-15(18)23/h3-4,7-10,30H,5-6H2,1-2H3,(H2,24,25,26,27,28,31). The van der Waals surface area contributed by atoms with Crippen LogP contribution in [0, 0.1) is 6.92 Å². The summed E-state index contributed by atoms with van der Waals surface area (Å²) < 4.78 is 0. The van der Waals surface area contributed by atoms with Gasteiger partial charge in [-0.25, -0.2) is 9.97 Å². The maximum Gasteiger partial charge on any atom is 0.258 e. The molecular formula is C20H19Cl3N6O2. The number of aromatic nitrogens is 3. The summed E-state index contributed by atoms with van der Waals surface area (Å²) in [5.41, 5.74) is 1.35. The summed E-state index contributed by atoms with van der Waals surface area (Å²) in [6.45, 7) is 2.23. The number of nitrogens with zero attached hydrogens (tertiary/aromatic N) is 4. The van der Waals surface area contributed by atoms with Crippen LogP contribution in [0.2, 0.25) is 15.1 Å². The average Bonchev–Trinajstić information content (AvgIpc) is 2.67. The molecule has 11 heteroatoms. The molecule has 2 heterocycles. The third kappa shape index (κ3) is 5.95. The maximum atomic E-state index is 12.7. The number of rotatable bonds is 7. The lowest BCUT2D eigenvalue weighted by Crippen LogP contribution is -2.23. The lowest BCUT2D eigenvalue weighted by molar-refractivity contribution is 0.102. The third-order valence-electron chi connectivity index (χ3n) is 4.13. The smallest absolute Gasteiger partial charge is 0.258 e. The summed E-state index contributed by atoms with van der Waals surface area (Å²) in [6.07, 6.45) is 1.54. The van der Waals surface area contributed by atoms with E-state index in [1.165, 1.54) is 18.3 Å². The van der Waals surface area contributed by atoms with Crippen molar-refractivity contribution < 1.29 is 9.90 Å². The lowest BCUT2D eigenvalue weighted by atomic mass is 10.2. The van der Waals surface area contributed by atoms with Crippen LogP contribution in [-0.2, 0) is 0 Å². The molecule has 31 heavy (non-hydrogen) atoms. The van der Waals surface area contributed by atoms with Gasteiger partial charge in [0.1, 0.15) is 11.6 Å². The summed E-state index contributed by atoms with van der Waals surface area (Å²) >= 11 is 18.1. The number of hydrogen-bond acceptors (Lipinski definition) is 7. The molecule has 0 aliphatic carbocycles. The van der Waals surface area contributed by atoms with Crippen molar-refractivity contribution in [1.29, 1.82) is 0 Å². The van der Waals surface area contributed by atoms with Gasteiger partial charge < -0.3 is 20.6 Å². The number of benzene rings is 1. The molecular weight excluding hydrogens is 463 g/mol. The van der Waals surface area contributed by atoms with Crippen LogP contribution in [0.15, 0.2) is 36.5 Å². The normalized spacial score (nSPS) is 10.6. The second-order valence-electron chi connectivity index (χ2n) is 6.59. The summed E-state index contributed by atoms with van der Waals surface area (Å²) in [7, 11) is 1.79. The Hall–Kier alpha value is -2.65. The van der Waals surface area contributed by atoms with Crippen molar-refractivity contribution in [3.05, 3.63) is 62.9 Å². The molecule has 0 spiro atoms. The Morgan fingerprint density at radius 3 is 2.48 bits per heavy atom. The lowest BCUT2D eigenvalue weighted by Gasteiger charge is -2.17. The highest BCUT2D eigenvalue weighted by Gasteiger charge is 2.16. The number of amides is 1. The van der Waals surface area contributed by atoms with Gasteiger partial charge in [0, 0.05) is 48.3 Å². The molecule has 0 unspecified atom stereocenters. The van der Waals surface area contributed by atoms with Crippen LogP contribution in [0.3, 0.4) is 0 Å². The molecule has 0 bridgehead atoms. The van der Waals surface area contributed by atoms with Crippen molar-refractivity contribution >= 4 is 64.0 Å². The van der Waals surface area contributed by atoms with Crippen molar-refractivity contribution in [2.45, 2.75) is 6.92 Å². The van der Waals surface area contributed by atoms with Gasteiger partial charge in [-0.3, -0.25) is 4.79 Å². The van der Waals surface area contributed by atoms with Gasteiger partial charge in [0.2, 0.25) is 5.95 Å². The van der Waals surface area contributed by atoms with Crippen molar-refractivity contribution in [2.24, 2.45) is 0 Å². The van der Waals surface area contributed by atoms with Crippen LogP contribution in [0.4, 0.5) is 23.3 Å². The zero-order valence-electron chi connectivity index (χ0n) is 16.7. The highest BCUT2D eigenvalue weighted by molar-refractivity contribution is 6.42. The number of nitrogens with one attached hydrogen (secondary N) is 2. The number of anilines is 4. The summed E-state index contributed by atoms with van der Waals surface area (Å²) in [6, 6.07) is 7.94. The monoisotopic (exact) mass is 480 g/mol. The maximum absolute atomic E-state index is 12.7. The highest BCUT2D eigenvalue weighted by atomic mass is 35.5. The fourth-order valence-electron chi connectivity index (χ4n) is 2.70. The average molecular weight is 482 g/mol. The Morgan fingerprint density at radius 2 is 1.81 bits per heavy atom. The summed E-state index contributed by atoms with van der Waals surface area (Å²) in [4.78, 5) is 27.4. The number of aliphatic hydroxyl groups is 1. The Balaban J connectivity index is 1.79. The molecule has 3 N–H and O–H groups in total. The van der Waals surface area contributed by atoms with E-state index < -0.39 is 5.91 Å². The first kappa shape index (κ1) is 23.0. The van der Waals surface area contributed by atoms with Gasteiger partial charge in [-0.2, -0.15) is 4.98 Å². The van der Waals surface area contributed by atoms with E-state index in [-0.39, 0.29) is 22.2 Å². The third-order valence-corrected chi connectivity index (χ3v) is 4.94. The SMILES string of the molecule is Cc1cc(Nc2cc(NC(=O)c3c(Cl)cc(Cl)cc3Cl)ccn2)nc(N(C)CCO)n1. The molecule has 3 aromatic rings. The number of aryl methyl sites for hydroxylation is 1. The summed E-state index contributed by atoms with van der Waals surface area (Å²) in [5, 5.41) is 15.6. The van der Waals surface area contributed by atoms with Gasteiger partial charge in [-0.15, -0.1) is 0 Å². The molecule has 0 saturated heterocycles. The van der Waals surface area contributed by atoms with Gasteiger partial charge >= 0.3 is 0 Å². The predicted molar refractivity (Wildman–Crippen MR) is 124 cm³/mol. The van der Waals surface area contributed by atoms with Crippen LogP contribution < -0.4 is 15.5 Å². The Bertz CT molecular complexity index is 1090. The summed E-state index contributed by atoms with van der Waals surface area (Å²) in [5.74, 6) is 0.967. The van der Waals surface area contributed by atoms with Crippen LogP contribution in [-0.4, -0.2) is 46.2 Å². The van der Waals surface area contributed by atoms with Gasteiger partial charge in [0.05, 0.1) is 22.2 Å². The van der Waals surface area contributed by atoms with Gasteiger partial charge in [0.15, 0.2) is 0 Å². The van der Waals surface area contributed by atoms with Crippen molar-refractivity contribution in [1.82, 2.24) is 15.0 Å². The van der Waals surface area contributed by atoms with Crippen LogP contribution in [0.1, 0.15) is 16.1 Å². The van der Waals surface area contributed by atoms with Crippen molar-refractivity contribution in [3.63, 3.8) is 0 Å². The largest absolute Gasteiger partial charge is 0.395 e. The first-order chi connectivity index (χ1) is 14.8. The minimum Gasteiger partial charge on any atom is -0.395 e. The number of carbonyl (C=O) groups excluding carboxylic acids is 1. The van der Waals surface area contributed by atoms with E-state index in [1.807, 2.05) is 6.92 Å². The van der Waals surface area contributed by atoms with Gasteiger partial charge in [-0.1, -0.05) is 34.8 Å². The van der Waals surface area contributed by atoms with E-state index in [9.17, 15) is 4.79 Å². The van der Waals surface area contributed by atoms with Crippen LogP contribution in [0.5, 0.6) is 0 Å². The molecule has 0 aliphatic heterocycles. The molecule has 2 aromatic heterocycles. The number of pyridine rings is 1. The Kier molecular flexibility index (Phi) is 7.50. The van der Waals surface area contributed by atoms with Gasteiger partial charge in [-0.05, 0) is 25.1 Å². The first-order valence-electron chi connectivity index (χ1n) is 9.13. The Labute approximate surface area is 194 Å². The van der Waals surface area contributed by atoms with Crippen molar-refractivity contribution in [2.75, 3.05) is 35.7 Å². The number of likely N-dealkylation sites (N-methyl/N-ethyl adjacent to an activating group) is 1. The molecule has 1 aromatic carbocycles. The second-order valence-corrected chi connectivity index (χ2v) is 7.84. The zero-order valence-corrected chi connectivity index (χ0v) is 18.9. The molecule has 0 radical (unpaired) electrons. The molecule has 162 valence electrons. The van der Waals surface area contributed by atoms with E-state index in [0.717, 1.165) is 5.69 Å². The fourth-order valence-corrected chi connectivity index (χ4v) is 3.69. The molecule has 8 nitrogen and oxygen atoms in total. The molecule has 3 rings (SSSR count). The zero-order chi connectivity index (χ0) is 22.5. The molecule has 0 aliphatic rings. The fraction of sp³-hybridized carbons (Fsp3) is 0.200. The van der Waals surface area contributed by atoms with Crippen LogP contribution >= 0.6 is 34.8 Å². The number of halogens is 3. The topological polar surface area (TPSA) is 103 Å². The van der Waals surface area contributed by atoms with E-state index >= 15 is 0 Å². The number of carbonyl (C=O) groups is 1. The second kappa shape index (κ2) is 10.1. The minimum absolute atomic E-state index is 0.0124.